The fourth-order valence-corrected chi connectivity index (χ4v) is 3.07. The number of ether oxygens (including phenoxy) is 1. The van der Waals surface area contributed by atoms with Crippen molar-refractivity contribution >= 4 is 33.3 Å². The van der Waals surface area contributed by atoms with Crippen molar-refractivity contribution in [2.24, 2.45) is 0 Å². The molecular formula is C13H15BrN2O4. The lowest BCUT2D eigenvalue weighted by Gasteiger charge is -2.26. The molecule has 0 N–H and O–H groups in total. The fraction of sp³-hybridized carbons (Fsp3) is 0.462. The lowest BCUT2D eigenvalue weighted by Crippen LogP contribution is -2.37. The van der Waals surface area contributed by atoms with Gasteiger partial charge in [-0.15, -0.1) is 0 Å². The zero-order chi connectivity index (χ0) is 14.9. The number of halogens is 1. The van der Waals surface area contributed by atoms with Crippen LogP contribution >= 0.6 is 15.9 Å². The number of rotatable bonds is 3. The number of anilines is 1. The van der Waals surface area contributed by atoms with Crippen molar-refractivity contribution in [1.29, 1.82) is 0 Å². The normalized spacial score (nSPS) is 18.1. The van der Waals surface area contributed by atoms with E-state index in [4.69, 9.17) is 4.74 Å². The van der Waals surface area contributed by atoms with Crippen LogP contribution in [0.5, 0.6) is 0 Å². The third-order valence-corrected chi connectivity index (χ3v) is 4.13. The minimum Gasteiger partial charge on any atom is -0.467 e. The Morgan fingerprint density at radius 3 is 2.85 bits per heavy atom. The van der Waals surface area contributed by atoms with Gasteiger partial charge in [0.25, 0.3) is 5.69 Å². The van der Waals surface area contributed by atoms with Crippen molar-refractivity contribution in [2.75, 3.05) is 18.6 Å². The molecule has 6 nitrogen and oxygen atoms in total. The number of methoxy groups -OCH3 is 1. The molecule has 7 heteroatoms. The van der Waals surface area contributed by atoms with Crippen LogP contribution in [-0.4, -0.2) is 30.6 Å². The maximum Gasteiger partial charge on any atom is 0.328 e. The van der Waals surface area contributed by atoms with Gasteiger partial charge in [0, 0.05) is 22.6 Å². The summed E-state index contributed by atoms with van der Waals surface area (Å²) in [6.45, 7) is 2.42. The first kappa shape index (κ1) is 14.8. The molecule has 1 aromatic rings. The summed E-state index contributed by atoms with van der Waals surface area (Å²) < 4.78 is 5.43. The van der Waals surface area contributed by atoms with Crippen LogP contribution in [0.4, 0.5) is 11.4 Å². The quantitative estimate of drug-likeness (QED) is 0.479. The van der Waals surface area contributed by atoms with E-state index < -0.39 is 4.92 Å². The Balaban J connectivity index is 2.40. The number of carbonyl (C=O) groups is 1. The Morgan fingerprint density at radius 2 is 2.25 bits per heavy atom. The van der Waals surface area contributed by atoms with Gasteiger partial charge in [-0.1, -0.05) is 0 Å². The number of nitro benzene ring substituents is 1. The molecule has 1 heterocycles. The number of hydrogen-bond donors (Lipinski definition) is 0. The van der Waals surface area contributed by atoms with Gasteiger partial charge in [-0.05, 0) is 41.8 Å². The molecule has 1 saturated heterocycles. The van der Waals surface area contributed by atoms with E-state index in [9.17, 15) is 14.9 Å². The molecule has 1 unspecified atom stereocenters. The van der Waals surface area contributed by atoms with Gasteiger partial charge < -0.3 is 9.64 Å². The standard InChI is InChI=1S/C13H15BrN2O4/c1-8-6-12(9(14)7-11(8)16(18)19)15-5-3-4-10(15)13(17)20-2/h6-7,10H,3-5H2,1-2H3. The van der Waals surface area contributed by atoms with E-state index in [1.54, 1.807) is 13.0 Å². The lowest BCUT2D eigenvalue weighted by molar-refractivity contribution is -0.385. The number of nitro groups is 1. The summed E-state index contributed by atoms with van der Waals surface area (Å²) in [5, 5.41) is 10.9. The van der Waals surface area contributed by atoms with Crippen LogP contribution in [0.3, 0.4) is 0 Å². The van der Waals surface area contributed by atoms with Crippen molar-refractivity contribution < 1.29 is 14.5 Å². The van der Waals surface area contributed by atoms with Crippen LogP contribution in [0.15, 0.2) is 16.6 Å². The fourth-order valence-electron chi connectivity index (χ4n) is 2.51. The Bertz CT molecular complexity index is 562. The van der Waals surface area contributed by atoms with E-state index in [0.29, 0.717) is 10.0 Å². The van der Waals surface area contributed by atoms with Gasteiger partial charge in [0.2, 0.25) is 0 Å². The van der Waals surface area contributed by atoms with Gasteiger partial charge in [-0.2, -0.15) is 0 Å². The number of aryl methyl sites for hydroxylation is 1. The summed E-state index contributed by atoms with van der Waals surface area (Å²) in [6, 6.07) is 2.90. The molecule has 108 valence electrons. The smallest absolute Gasteiger partial charge is 0.328 e. The average Bonchev–Trinajstić information content (AvgIpc) is 2.88. The molecule has 1 aromatic carbocycles. The maximum absolute atomic E-state index is 11.8. The number of hydrogen-bond acceptors (Lipinski definition) is 5. The molecule has 0 aromatic heterocycles. The Kier molecular flexibility index (Phi) is 4.27. The molecule has 2 rings (SSSR count). The first-order chi connectivity index (χ1) is 9.45. The third-order valence-electron chi connectivity index (χ3n) is 3.50. The highest BCUT2D eigenvalue weighted by atomic mass is 79.9. The zero-order valence-electron chi connectivity index (χ0n) is 11.3. The minimum absolute atomic E-state index is 0.0643. The van der Waals surface area contributed by atoms with E-state index in [1.807, 2.05) is 4.90 Å². The monoisotopic (exact) mass is 342 g/mol. The second-order valence-corrected chi connectivity index (χ2v) is 5.58. The Hall–Kier alpha value is -1.63. The molecule has 0 radical (unpaired) electrons. The van der Waals surface area contributed by atoms with E-state index in [1.165, 1.54) is 13.2 Å². The van der Waals surface area contributed by atoms with E-state index >= 15 is 0 Å². The van der Waals surface area contributed by atoms with E-state index in [2.05, 4.69) is 15.9 Å². The van der Waals surface area contributed by atoms with Crippen LogP contribution in [0.1, 0.15) is 18.4 Å². The van der Waals surface area contributed by atoms with Gasteiger partial charge in [-0.25, -0.2) is 4.79 Å². The highest BCUT2D eigenvalue weighted by molar-refractivity contribution is 9.10. The molecule has 0 amide bonds. The number of nitrogens with zero attached hydrogens (tertiary/aromatic N) is 2. The summed E-state index contributed by atoms with van der Waals surface area (Å²) in [5.41, 5.74) is 1.43. The topological polar surface area (TPSA) is 72.7 Å². The highest BCUT2D eigenvalue weighted by Gasteiger charge is 2.33. The van der Waals surface area contributed by atoms with Gasteiger partial charge in [0.1, 0.15) is 6.04 Å². The molecular weight excluding hydrogens is 328 g/mol. The van der Waals surface area contributed by atoms with Crippen LogP contribution in [0.25, 0.3) is 0 Å². The summed E-state index contributed by atoms with van der Waals surface area (Å²) in [5.74, 6) is -0.273. The van der Waals surface area contributed by atoms with Gasteiger partial charge in [-0.3, -0.25) is 10.1 Å². The minimum atomic E-state index is -0.411. The average molecular weight is 343 g/mol. The van der Waals surface area contributed by atoms with Crippen molar-refractivity contribution in [1.82, 2.24) is 0 Å². The lowest BCUT2D eigenvalue weighted by atomic mass is 10.1. The molecule has 0 bridgehead atoms. The molecule has 1 atom stereocenters. The summed E-state index contributed by atoms with van der Waals surface area (Å²) in [4.78, 5) is 24.2. The van der Waals surface area contributed by atoms with E-state index in [0.717, 1.165) is 25.1 Å². The molecule has 0 saturated carbocycles. The second-order valence-electron chi connectivity index (χ2n) is 4.72. The number of carbonyl (C=O) groups excluding carboxylic acids is 1. The van der Waals surface area contributed by atoms with Crippen LogP contribution in [0.2, 0.25) is 0 Å². The maximum atomic E-state index is 11.8. The van der Waals surface area contributed by atoms with Crippen molar-refractivity contribution in [3.63, 3.8) is 0 Å². The molecule has 20 heavy (non-hydrogen) atoms. The van der Waals surface area contributed by atoms with Crippen LogP contribution in [-0.2, 0) is 9.53 Å². The number of esters is 1. The van der Waals surface area contributed by atoms with Crippen molar-refractivity contribution in [3.05, 3.63) is 32.3 Å². The van der Waals surface area contributed by atoms with Crippen LogP contribution < -0.4 is 4.90 Å². The van der Waals surface area contributed by atoms with Gasteiger partial charge in [0.05, 0.1) is 17.7 Å². The highest BCUT2D eigenvalue weighted by Crippen LogP contribution is 2.36. The second kappa shape index (κ2) is 5.78. The van der Waals surface area contributed by atoms with Crippen LogP contribution in [0, 0.1) is 17.0 Å². The largest absolute Gasteiger partial charge is 0.467 e. The Morgan fingerprint density at radius 1 is 1.55 bits per heavy atom. The van der Waals surface area contributed by atoms with Gasteiger partial charge in [0.15, 0.2) is 0 Å². The predicted molar refractivity (Wildman–Crippen MR) is 77.9 cm³/mol. The predicted octanol–water partition coefficient (Wildman–Crippen LogP) is 2.81. The van der Waals surface area contributed by atoms with Crippen molar-refractivity contribution in [2.45, 2.75) is 25.8 Å². The molecule has 1 aliphatic rings. The molecule has 0 aliphatic carbocycles. The first-order valence-corrected chi connectivity index (χ1v) is 7.04. The third kappa shape index (κ3) is 2.63. The SMILES string of the molecule is COC(=O)C1CCCN1c1cc(C)c([N+](=O)[O-])cc1Br. The first-order valence-electron chi connectivity index (χ1n) is 6.24. The summed E-state index contributed by atoms with van der Waals surface area (Å²) in [7, 11) is 1.37. The Labute approximate surface area is 125 Å². The molecule has 0 spiro atoms. The molecule has 1 fully saturated rings. The summed E-state index contributed by atoms with van der Waals surface area (Å²) in [6.07, 6.45) is 1.62. The van der Waals surface area contributed by atoms with E-state index in [-0.39, 0.29) is 17.7 Å². The molecule has 1 aliphatic heterocycles. The van der Waals surface area contributed by atoms with Gasteiger partial charge >= 0.3 is 5.97 Å². The summed E-state index contributed by atoms with van der Waals surface area (Å²) >= 11 is 3.36. The zero-order valence-corrected chi connectivity index (χ0v) is 12.8. The number of benzene rings is 1. The van der Waals surface area contributed by atoms with Crippen molar-refractivity contribution in [3.8, 4) is 0 Å².